The highest BCUT2D eigenvalue weighted by atomic mass is 16.5. The lowest BCUT2D eigenvalue weighted by Gasteiger charge is -1.89. The van der Waals surface area contributed by atoms with Crippen LogP contribution in [0.15, 0.2) is 33.2 Å². The highest BCUT2D eigenvalue weighted by Crippen LogP contribution is 2.27. The molecule has 0 bridgehead atoms. The Balaban J connectivity index is 2.10. The fourth-order valence-electron chi connectivity index (χ4n) is 1.68. The molecule has 90 valence electrons. The van der Waals surface area contributed by atoms with E-state index in [0.29, 0.717) is 11.3 Å². The second kappa shape index (κ2) is 3.69. The third kappa shape index (κ3) is 1.64. The van der Waals surface area contributed by atoms with Gasteiger partial charge in [-0.2, -0.15) is 4.98 Å². The van der Waals surface area contributed by atoms with E-state index in [1.807, 2.05) is 25.1 Å². The van der Waals surface area contributed by atoms with Gasteiger partial charge in [-0.25, -0.2) is 4.79 Å². The second-order valence-electron chi connectivity index (χ2n) is 3.88. The molecule has 1 N–H and O–H groups in total. The summed E-state index contributed by atoms with van der Waals surface area (Å²) in [7, 11) is 0. The molecule has 3 rings (SSSR count). The largest absolute Gasteiger partial charge is 0.475 e. The van der Waals surface area contributed by atoms with E-state index in [1.165, 1.54) is 0 Å². The molecule has 3 aromatic rings. The maximum atomic E-state index is 10.6. The van der Waals surface area contributed by atoms with Gasteiger partial charge in [0.15, 0.2) is 5.76 Å². The highest BCUT2D eigenvalue weighted by molar-refractivity contribution is 5.84. The Morgan fingerprint density at radius 3 is 2.89 bits per heavy atom. The van der Waals surface area contributed by atoms with Crippen molar-refractivity contribution in [1.29, 1.82) is 0 Å². The van der Waals surface area contributed by atoms with Crippen LogP contribution in [0.4, 0.5) is 0 Å². The summed E-state index contributed by atoms with van der Waals surface area (Å²) in [6.45, 7) is 1.97. The van der Waals surface area contributed by atoms with Crippen molar-refractivity contribution in [3.63, 3.8) is 0 Å². The van der Waals surface area contributed by atoms with Gasteiger partial charge in [-0.05, 0) is 30.3 Å². The summed E-state index contributed by atoms with van der Waals surface area (Å²) in [5.41, 5.74) is 1.79. The minimum absolute atomic E-state index is 0.0567. The maximum absolute atomic E-state index is 10.6. The number of carbonyl (C=O) groups is 1. The predicted octanol–water partition coefficient (Wildman–Crippen LogP) is 2.49. The number of nitrogens with zero attached hydrogens (tertiary/aromatic N) is 2. The van der Waals surface area contributed by atoms with Crippen LogP contribution in [-0.4, -0.2) is 21.2 Å². The number of hydrogen-bond donors (Lipinski definition) is 1. The van der Waals surface area contributed by atoms with E-state index in [1.54, 1.807) is 6.07 Å². The molecule has 0 fully saturated rings. The Bertz CT molecular complexity index is 741. The number of benzene rings is 1. The van der Waals surface area contributed by atoms with Gasteiger partial charge in [0.1, 0.15) is 5.58 Å². The van der Waals surface area contributed by atoms with Gasteiger partial charge in [-0.1, -0.05) is 11.6 Å². The monoisotopic (exact) mass is 244 g/mol. The van der Waals surface area contributed by atoms with Gasteiger partial charge in [-0.3, -0.25) is 0 Å². The van der Waals surface area contributed by atoms with Crippen molar-refractivity contribution in [2.45, 2.75) is 6.92 Å². The van der Waals surface area contributed by atoms with E-state index in [9.17, 15) is 4.79 Å². The molecule has 6 heteroatoms. The van der Waals surface area contributed by atoms with Gasteiger partial charge in [-0.15, -0.1) is 0 Å². The molecule has 0 amide bonds. The van der Waals surface area contributed by atoms with Crippen LogP contribution in [0.2, 0.25) is 0 Å². The van der Waals surface area contributed by atoms with Gasteiger partial charge < -0.3 is 14.0 Å². The number of aromatic nitrogens is 2. The first-order chi connectivity index (χ1) is 8.63. The molecule has 0 aliphatic rings. The summed E-state index contributed by atoms with van der Waals surface area (Å²) in [6.07, 6.45) is 0. The fourth-order valence-corrected chi connectivity index (χ4v) is 1.68. The first kappa shape index (κ1) is 10.5. The molecule has 0 saturated heterocycles. The molecule has 6 nitrogen and oxygen atoms in total. The molecule has 0 unspecified atom stereocenters. The lowest BCUT2D eigenvalue weighted by molar-refractivity contribution is 0.0680. The first-order valence-corrected chi connectivity index (χ1v) is 5.21. The molecule has 18 heavy (non-hydrogen) atoms. The summed E-state index contributed by atoms with van der Waals surface area (Å²) in [6, 6.07) is 7.45. The Hall–Kier alpha value is -2.63. The Labute approximate surface area is 101 Å². The summed E-state index contributed by atoms with van der Waals surface area (Å²) in [4.78, 5) is 14.4. The van der Waals surface area contributed by atoms with Crippen LogP contribution in [0.25, 0.3) is 22.6 Å². The molecular formula is C12H8N2O4. The van der Waals surface area contributed by atoms with Crippen molar-refractivity contribution in [3.05, 3.63) is 35.7 Å². The van der Waals surface area contributed by atoms with Gasteiger partial charge in [0.25, 0.3) is 11.7 Å². The van der Waals surface area contributed by atoms with Crippen LogP contribution in [0, 0.1) is 6.92 Å². The minimum Gasteiger partial charge on any atom is -0.475 e. The fraction of sp³-hybridized carbons (Fsp3) is 0.0833. The minimum atomic E-state index is -1.24. The van der Waals surface area contributed by atoms with E-state index in [4.69, 9.17) is 14.0 Å². The van der Waals surface area contributed by atoms with E-state index < -0.39 is 5.97 Å². The summed E-state index contributed by atoms with van der Waals surface area (Å²) in [5.74, 6) is -1.21. The van der Waals surface area contributed by atoms with Crippen LogP contribution in [0.3, 0.4) is 0 Å². The van der Waals surface area contributed by atoms with Crippen molar-refractivity contribution in [1.82, 2.24) is 10.1 Å². The van der Waals surface area contributed by atoms with Crippen molar-refractivity contribution in [2.75, 3.05) is 0 Å². The molecule has 2 aromatic heterocycles. The molecule has 0 spiro atoms. The number of furan rings is 1. The SMILES string of the molecule is Cc1ccc2oc(-c3nc(C(=O)O)no3)cc2c1. The summed E-state index contributed by atoms with van der Waals surface area (Å²) in [5, 5.41) is 12.9. The molecule has 0 aliphatic heterocycles. The maximum Gasteiger partial charge on any atom is 0.377 e. The smallest absolute Gasteiger partial charge is 0.377 e. The van der Waals surface area contributed by atoms with Crippen LogP contribution in [-0.2, 0) is 0 Å². The second-order valence-corrected chi connectivity index (χ2v) is 3.88. The van der Waals surface area contributed by atoms with Crippen LogP contribution >= 0.6 is 0 Å². The van der Waals surface area contributed by atoms with E-state index >= 15 is 0 Å². The van der Waals surface area contributed by atoms with Crippen LogP contribution in [0.5, 0.6) is 0 Å². The van der Waals surface area contributed by atoms with Crippen molar-refractivity contribution in [2.24, 2.45) is 0 Å². The zero-order valence-corrected chi connectivity index (χ0v) is 9.38. The average molecular weight is 244 g/mol. The number of rotatable bonds is 2. The Morgan fingerprint density at radius 2 is 2.17 bits per heavy atom. The predicted molar refractivity (Wildman–Crippen MR) is 61.2 cm³/mol. The first-order valence-electron chi connectivity index (χ1n) is 5.21. The zero-order chi connectivity index (χ0) is 12.7. The topological polar surface area (TPSA) is 89.4 Å². The summed E-state index contributed by atoms with van der Waals surface area (Å²) < 4.78 is 10.3. The Morgan fingerprint density at radius 1 is 1.33 bits per heavy atom. The lowest BCUT2D eigenvalue weighted by atomic mass is 10.2. The zero-order valence-electron chi connectivity index (χ0n) is 9.38. The van der Waals surface area contributed by atoms with E-state index in [0.717, 1.165) is 10.9 Å². The van der Waals surface area contributed by atoms with Gasteiger partial charge >= 0.3 is 5.97 Å². The molecule has 0 radical (unpaired) electrons. The van der Waals surface area contributed by atoms with Crippen LogP contribution < -0.4 is 0 Å². The molecule has 1 aromatic carbocycles. The third-order valence-electron chi connectivity index (χ3n) is 2.50. The van der Waals surface area contributed by atoms with Gasteiger partial charge in [0.05, 0.1) is 0 Å². The number of carboxylic acid groups (broad SMARTS) is 1. The molecule has 0 saturated carbocycles. The van der Waals surface area contributed by atoms with Crippen molar-refractivity contribution < 1.29 is 18.8 Å². The Kier molecular flexibility index (Phi) is 2.16. The number of hydrogen-bond acceptors (Lipinski definition) is 5. The quantitative estimate of drug-likeness (QED) is 0.744. The number of aryl methyl sites for hydroxylation is 1. The van der Waals surface area contributed by atoms with Crippen LogP contribution in [0.1, 0.15) is 16.2 Å². The highest BCUT2D eigenvalue weighted by Gasteiger charge is 2.17. The molecule has 2 heterocycles. The number of carboxylic acids is 1. The average Bonchev–Trinajstić information content (AvgIpc) is 2.93. The van der Waals surface area contributed by atoms with Gasteiger partial charge in [0, 0.05) is 5.39 Å². The molecule has 0 atom stereocenters. The normalized spacial score (nSPS) is 10.9. The molecular weight excluding hydrogens is 236 g/mol. The van der Waals surface area contributed by atoms with Crippen molar-refractivity contribution >= 4 is 16.9 Å². The third-order valence-corrected chi connectivity index (χ3v) is 2.50. The standard InChI is InChI=1S/C12H8N2O4/c1-6-2-3-8-7(4-6)5-9(17-8)11-13-10(12(15)16)14-18-11/h2-5H,1H3,(H,15,16). The van der Waals surface area contributed by atoms with E-state index in [-0.39, 0.29) is 11.7 Å². The lowest BCUT2D eigenvalue weighted by Crippen LogP contribution is -1.98. The molecule has 0 aliphatic carbocycles. The number of aromatic carboxylic acids is 1. The van der Waals surface area contributed by atoms with Crippen molar-refractivity contribution in [3.8, 4) is 11.7 Å². The summed E-state index contributed by atoms with van der Waals surface area (Å²) >= 11 is 0. The number of fused-ring (bicyclic) bond motifs is 1. The van der Waals surface area contributed by atoms with E-state index in [2.05, 4.69) is 10.1 Å². The van der Waals surface area contributed by atoms with Gasteiger partial charge in [0.2, 0.25) is 0 Å².